The number of nitrogens with zero attached hydrogens (tertiary/aromatic N) is 2. The number of thiazole rings is 1. The second kappa shape index (κ2) is 10.8. The Hall–Kier alpha value is -4.18. The van der Waals surface area contributed by atoms with Crippen LogP contribution in [0.1, 0.15) is 46.4 Å². The fourth-order valence-corrected chi connectivity index (χ4v) is 5.04. The summed E-state index contributed by atoms with van der Waals surface area (Å²) in [4.78, 5) is 45.0. The molecule has 1 unspecified atom stereocenters. The minimum atomic E-state index is -0.998. The number of aromatic nitrogens is 1. The molecule has 3 aromatic rings. The zero-order valence-corrected chi connectivity index (χ0v) is 21.6. The summed E-state index contributed by atoms with van der Waals surface area (Å²) in [6.45, 7) is 5.84. The van der Waals surface area contributed by atoms with Gasteiger partial charge in [0.1, 0.15) is 22.1 Å². The van der Waals surface area contributed by atoms with E-state index >= 15 is 0 Å². The Morgan fingerprint density at radius 3 is 2.46 bits per heavy atom. The molecule has 4 rings (SSSR count). The number of esters is 1. The van der Waals surface area contributed by atoms with Crippen molar-refractivity contribution in [1.82, 2.24) is 4.98 Å². The number of aryl methyl sites for hydroxylation is 1. The van der Waals surface area contributed by atoms with Crippen molar-refractivity contribution < 1.29 is 33.7 Å². The average Bonchev–Trinajstić information content (AvgIpc) is 3.41. The van der Waals surface area contributed by atoms with Crippen LogP contribution in [0.2, 0.25) is 0 Å². The SMILES string of the molecule is CCOC(=O)c1sc(N2C(=O)C(=O)C(=C(O)c3cccc(OC)c3)C2c2ccc(OCC)cc2)nc1C. The number of carbonyl (C=O) groups is 3. The van der Waals surface area contributed by atoms with E-state index in [1.165, 1.54) is 12.0 Å². The molecule has 192 valence electrons. The first-order chi connectivity index (χ1) is 17.8. The highest BCUT2D eigenvalue weighted by Crippen LogP contribution is 2.44. The van der Waals surface area contributed by atoms with Gasteiger partial charge in [-0.25, -0.2) is 9.78 Å². The summed E-state index contributed by atoms with van der Waals surface area (Å²) in [6, 6.07) is 12.5. The van der Waals surface area contributed by atoms with Crippen molar-refractivity contribution in [1.29, 1.82) is 0 Å². The number of carbonyl (C=O) groups excluding carboxylic acids is 3. The van der Waals surface area contributed by atoms with Gasteiger partial charge in [0, 0.05) is 5.56 Å². The molecule has 0 saturated carbocycles. The molecular weight excluding hydrogens is 496 g/mol. The maximum Gasteiger partial charge on any atom is 0.350 e. The van der Waals surface area contributed by atoms with Crippen LogP contribution in [-0.4, -0.2) is 48.1 Å². The van der Waals surface area contributed by atoms with Crippen LogP contribution in [0.5, 0.6) is 11.5 Å². The fraction of sp³-hybridized carbons (Fsp3) is 0.259. The number of hydrogen-bond acceptors (Lipinski definition) is 9. The van der Waals surface area contributed by atoms with Crippen LogP contribution in [0.25, 0.3) is 5.76 Å². The van der Waals surface area contributed by atoms with Gasteiger partial charge in [-0.3, -0.25) is 14.5 Å². The van der Waals surface area contributed by atoms with Gasteiger partial charge in [0.2, 0.25) is 0 Å². The van der Waals surface area contributed by atoms with Crippen LogP contribution < -0.4 is 14.4 Å². The summed E-state index contributed by atoms with van der Waals surface area (Å²) in [5.74, 6) is -1.56. The van der Waals surface area contributed by atoms with Gasteiger partial charge in [0.05, 0.1) is 37.6 Å². The highest BCUT2D eigenvalue weighted by Gasteiger charge is 2.48. The van der Waals surface area contributed by atoms with E-state index in [-0.39, 0.29) is 27.9 Å². The van der Waals surface area contributed by atoms with Crippen molar-refractivity contribution in [3.8, 4) is 11.5 Å². The second-order valence-electron chi connectivity index (χ2n) is 8.03. The first-order valence-electron chi connectivity index (χ1n) is 11.6. The fourth-order valence-electron chi connectivity index (χ4n) is 4.06. The maximum atomic E-state index is 13.4. The highest BCUT2D eigenvalue weighted by atomic mass is 32.1. The van der Waals surface area contributed by atoms with Crippen molar-refractivity contribution in [3.05, 3.63) is 75.8 Å². The van der Waals surface area contributed by atoms with E-state index in [0.717, 1.165) is 11.3 Å². The number of aliphatic hydroxyl groups is 1. The number of hydrogen-bond donors (Lipinski definition) is 1. The van der Waals surface area contributed by atoms with Crippen molar-refractivity contribution in [3.63, 3.8) is 0 Å². The molecule has 1 aromatic heterocycles. The minimum Gasteiger partial charge on any atom is -0.507 e. The minimum absolute atomic E-state index is 0.104. The summed E-state index contributed by atoms with van der Waals surface area (Å²) in [6.07, 6.45) is 0. The molecule has 1 N–H and O–H groups in total. The van der Waals surface area contributed by atoms with Crippen LogP contribution in [0.3, 0.4) is 0 Å². The van der Waals surface area contributed by atoms with E-state index in [2.05, 4.69) is 4.98 Å². The molecule has 1 saturated heterocycles. The molecule has 1 amide bonds. The normalized spacial score (nSPS) is 16.6. The number of amides is 1. The predicted molar refractivity (Wildman–Crippen MR) is 138 cm³/mol. The molecule has 2 heterocycles. The van der Waals surface area contributed by atoms with Crippen LogP contribution in [-0.2, 0) is 14.3 Å². The Bertz CT molecular complexity index is 1380. The van der Waals surface area contributed by atoms with Gasteiger partial charge in [-0.1, -0.05) is 35.6 Å². The zero-order chi connectivity index (χ0) is 26.7. The first-order valence-corrected chi connectivity index (χ1v) is 12.4. The van der Waals surface area contributed by atoms with Gasteiger partial charge in [-0.05, 0) is 50.6 Å². The lowest BCUT2D eigenvalue weighted by Gasteiger charge is -2.23. The molecule has 9 nitrogen and oxygen atoms in total. The lowest BCUT2D eigenvalue weighted by Crippen LogP contribution is -2.29. The standard InChI is InChI=1S/C27H26N2O7S/c1-5-35-18-12-10-16(11-13-18)21-20(22(30)17-8-7-9-19(14-17)34-4)23(31)25(32)29(21)27-28-15(3)24(37-27)26(33)36-6-2/h7-14,21,30H,5-6H2,1-4H3. The van der Waals surface area contributed by atoms with Gasteiger partial charge in [-0.15, -0.1) is 0 Å². The van der Waals surface area contributed by atoms with Crippen LogP contribution in [0, 0.1) is 6.92 Å². The molecule has 2 aromatic carbocycles. The third-order valence-corrected chi connectivity index (χ3v) is 6.88. The van der Waals surface area contributed by atoms with Crippen molar-refractivity contribution in [2.75, 3.05) is 25.2 Å². The third kappa shape index (κ3) is 4.92. The van der Waals surface area contributed by atoms with E-state index in [1.807, 2.05) is 6.92 Å². The average molecular weight is 523 g/mol. The summed E-state index contributed by atoms with van der Waals surface area (Å²) in [5.41, 5.74) is 1.14. The number of benzene rings is 2. The molecule has 37 heavy (non-hydrogen) atoms. The molecule has 10 heteroatoms. The van der Waals surface area contributed by atoms with Crippen molar-refractivity contribution in [2.45, 2.75) is 26.8 Å². The van der Waals surface area contributed by atoms with Gasteiger partial charge in [0.25, 0.3) is 5.78 Å². The Labute approximate surface area is 217 Å². The van der Waals surface area contributed by atoms with E-state index in [9.17, 15) is 19.5 Å². The smallest absolute Gasteiger partial charge is 0.350 e. The molecule has 1 aliphatic heterocycles. The number of Topliss-reactive ketones (excluding diaryl/α,β-unsaturated/α-hetero) is 1. The molecule has 0 spiro atoms. The molecule has 0 radical (unpaired) electrons. The molecule has 1 atom stereocenters. The van der Waals surface area contributed by atoms with E-state index in [0.29, 0.717) is 34.9 Å². The Kier molecular flexibility index (Phi) is 7.58. The van der Waals surface area contributed by atoms with Crippen LogP contribution >= 0.6 is 11.3 Å². The highest BCUT2D eigenvalue weighted by molar-refractivity contribution is 7.17. The summed E-state index contributed by atoms with van der Waals surface area (Å²) < 4.78 is 15.9. The van der Waals surface area contributed by atoms with Gasteiger partial charge in [0.15, 0.2) is 5.13 Å². The lowest BCUT2D eigenvalue weighted by molar-refractivity contribution is -0.132. The molecule has 1 aliphatic rings. The number of aliphatic hydroxyl groups excluding tert-OH is 1. The summed E-state index contributed by atoms with van der Waals surface area (Å²) in [7, 11) is 1.49. The van der Waals surface area contributed by atoms with Crippen molar-refractivity contribution >= 4 is 39.9 Å². The topological polar surface area (TPSA) is 115 Å². The number of methoxy groups -OCH3 is 1. The largest absolute Gasteiger partial charge is 0.507 e. The number of ether oxygens (including phenoxy) is 3. The zero-order valence-electron chi connectivity index (χ0n) is 20.8. The third-order valence-electron chi connectivity index (χ3n) is 5.75. The number of anilines is 1. The predicted octanol–water partition coefficient (Wildman–Crippen LogP) is 4.66. The molecular formula is C27H26N2O7S. The van der Waals surface area contributed by atoms with Gasteiger partial charge < -0.3 is 19.3 Å². The number of rotatable bonds is 8. The molecule has 1 fully saturated rings. The molecule has 0 aliphatic carbocycles. The maximum absolute atomic E-state index is 13.4. The van der Waals surface area contributed by atoms with Crippen LogP contribution in [0.4, 0.5) is 5.13 Å². The summed E-state index contributed by atoms with van der Waals surface area (Å²) >= 11 is 0.954. The Morgan fingerprint density at radius 2 is 1.81 bits per heavy atom. The Morgan fingerprint density at radius 1 is 1.08 bits per heavy atom. The molecule has 0 bridgehead atoms. The quantitative estimate of drug-likeness (QED) is 0.197. The first kappa shape index (κ1) is 25.9. The van der Waals surface area contributed by atoms with Crippen molar-refractivity contribution in [2.24, 2.45) is 0 Å². The van der Waals surface area contributed by atoms with E-state index < -0.39 is 23.7 Å². The second-order valence-corrected chi connectivity index (χ2v) is 9.01. The number of ketones is 1. The summed E-state index contributed by atoms with van der Waals surface area (Å²) in [5, 5.41) is 11.4. The lowest BCUT2D eigenvalue weighted by atomic mass is 9.95. The van der Waals surface area contributed by atoms with Gasteiger partial charge in [-0.2, -0.15) is 0 Å². The van der Waals surface area contributed by atoms with Gasteiger partial charge >= 0.3 is 11.9 Å². The monoisotopic (exact) mass is 522 g/mol. The Balaban J connectivity index is 1.90. The van der Waals surface area contributed by atoms with Crippen LogP contribution in [0.15, 0.2) is 54.1 Å². The van der Waals surface area contributed by atoms with E-state index in [4.69, 9.17) is 14.2 Å². The van der Waals surface area contributed by atoms with E-state index in [1.54, 1.807) is 62.4 Å².